The molecule has 0 aliphatic carbocycles. The molecule has 0 radical (unpaired) electrons. The van der Waals surface area contributed by atoms with Crippen LogP contribution in [-0.4, -0.2) is 29.1 Å². The van der Waals surface area contributed by atoms with Gasteiger partial charge in [-0.15, -0.1) is 0 Å². The first-order valence-electron chi connectivity index (χ1n) is 10.8. The maximum absolute atomic E-state index is 13.7. The highest BCUT2D eigenvalue weighted by molar-refractivity contribution is 9.10. The van der Waals surface area contributed by atoms with Crippen LogP contribution in [-0.2, 0) is 0 Å². The molecule has 1 atom stereocenters. The summed E-state index contributed by atoms with van der Waals surface area (Å²) in [5.41, 5.74) is 0.917. The van der Waals surface area contributed by atoms with E-state index in [0.717, 1.165) is 4.47 Å². The number of hydrogen-bond donors (Lipinski definition) is 0. The standard InChI is InChI=1S/C25H20BrN3O5/c1-3-32-18-8-6-14(12-19(18)33-4-2)21-20-22(30)16-13-15(26)7-9-17(16)34-23(20)24(31)29(21)25-27-10-5-11-28-25/h5-13,21H,3-4H2,1-2H3. The molecule has 5 rings (SSSR count). The number of ether oxygens (including phenoxy) is 2. The van der Waals surface area contributed by atoms with Gasteiger partial charge in [-0.3, -0.25) is 14.5 Å². The third-order valence-electron chi connectivity index (χ3n) is 5.48. The lowest BCUT2D eigenvalue weighted by molar-refractivity contribution is 0.0969. The molecule has 34 heavy (non-hydrogen) atoms. The van der Waals surface area contributed by atoms with Crippen molar-refractivity contribution < 1.29 is 18.7 Å². The molecular formula is C25H20BrN3O5. The summed E-state index contributed by atoms with van der Waals surface area (Å²) in [6.07, 6.45) is 3.09. The Bertz CT molecular complexity index is 1450. The van der Waals surface area contributed by atoms with Crippen LogP contribution in [0.3, 0.4) is 0 Å². The lowest BCUT2D eigenvalue weighted by atomic mass is 9.98. The van der Waals surface area contributed by atoms with E-state index in [2.05, 4.69) is 25.9 Å². The first-order chi connectivity index (χ1) is 16.5. The van der Waals surface area contributed by atoms with Crippen molar-refractivity contribution in [3.63, 3.8) is 0 Å². The molecule has 2 aromatic heterocycles. The van der Waals surface area contributed by atoms with E-state index in [0.29, 0.717) is 41.2 Å². The third-order valence-corrected chi connectivity index (χ3v) is 5.98. The van der Waals surface area contributed by atoms with Gasteiger partial charge in [0.1, 0.15) is 5.58 Å². The fraction of sp³-hybridized carbons (Fsp3) is 0.200. The van der Waals surface area contributed by atoms with Gasteiger partial charge < -0.3 is 13.9 Å². The van der Waals surface area contributed by atoms with Gasteiger partial charge in [0, 0.05) is 16.9 Å². The van der Waals surface area contributed by atoms with Crippen LogP contribution in [0.15, 0.2) is 68.5 Å². The van der Waals surface area contributed by atoms with Crippen molar-refractivity contribution in [1.29, 1.82) is 0 Å². The number of nitrogens with zero attached hydrogens (tertiary/aromatic N) is 3. The maximum atomic E-state index is 13.7. The fourth-order valence-corrected chi connectivity index (χ4v) is 4.48. The largest absolute Gasteiger partial charge is 0.490 e. The molecule has 4 aromatic rings. The third kappa shape index (κ3) is 3.62. The van der Waals surface area contributed by atoms with Gasteiger partial charge in [-0.1, -0.05) is 22.0 Å². The van der Waals surface area contributed by atoms with Crippen LogP contribution in [0.4, 0.5) is 5.95 Å². The predicted molar refractivity (Wildman–Crippen MR) is 130 cm³/mol. The quantitative estimate of drug-likeness (QED) is 0.356. The number of hydrogen-bond acceptors (Lipinski definition) is 7. The molecule has 0 fully saturated rings. The first kappa shape index (κ1) is 22.1. The van der Waals surface area contributed by atoms with Crippen LogP contribution >= 0.6 is 15.9 Å². The first-order valence-corrected chi connectivity index (χ1v) is 11.6. The summed E-state index contributed by atoms with van der Waals surface area (Å²) in [6, 6.07) is 11.3. The van der Waals surface area contributed by atoms with E-state index in [-0.39, 0.29) is 22.7 Å². The van der Waals surface area contributed by atoms with Gasteiger partial charge >= 0.3 is 0 Å². The van der Waals surface area contributed by atoms with E-state index < -0.39 is 11.9 Å². The molecule has 1 amide bonds. The average molecular weight is 522 g/mol. The highest BCUT2D eigenvalue weighted by Gasteiger charge is 2.45. The molecule has 1 aliphatic heterocycles. The van der Waals surface area contributed by atoms with Gasteiger partial charge in [0.15, 0.2) is 16.9 Å². The molecular weight excluding hydrogens is 502 g/mol. The SMILES string of the molecule is CCOc1ccc(C2c3c(oc4ccc(Br)cc4c3=O)C(=O)N2c2ncccn2)cc1OCC. The number of anilines is 1. The number of amides is 1. The van der Waals surface area contributed by atoms with Crippen LogP contribution in [0.25, 0.3) is 11.0 Å². The van der Waals surface area contributed by atoms with E-state index in [1.807, 2.05) is 13.8 Å². The molecule has 8 nitrogen and oxygen atoms in total. The van der Waals surface area contributed by atoms with E-state index >= 15 is 0 Å². The van der Waals surface area contributed by atoms with Crippen molar-refractivity contribution in [3.05, 3.63) is 86.4 Å². The van der Waals surface area contributed by atoms with Crippen molar-refractivity contribution in [3.8, 4) is 11.5 Å². The van der Waals surface area contributed by atoms with E-state index in [1.165, 1.54) is 4.90 Å². The Hall–Kier alpha value is -3.72. The minimum absolute atomic E-state index is 0.0240. The molecule has 0 saturated heterocycles. The topological polar surface area (TPSA) is 94.8 Å². The van der Waals surface area contributed by atoms with Gasteiger partial charge in [-0.05, 0) is 55.8 Å². The van der Waals surface area contributed by atoms with Gasteiger partial charge in [0.25, 0.3) is 5.91 Å². The highest BCUT2D eigenvalue weighted by Crippen LogP contribution is 2.42. The zero-order valence-corrected chi connectivity index (χ0v) is 20.0. The molecule has 0 N–H and O–H groups in total. The maximum Gasteiger partial charge on any atom is 0.297 e. The second-order valence-corrected chi connectivity index (χ2v) is 8.43. The number of aromatic nitrogens is 2. The molecule has 9 heteroatoms. The Morgan fingerprint density at radius 2 is 1.74 bits per heavy atom. The normalized spacial score (nSPS) is 15.0. The summed E-state index contributed by atoms with van der Waals surface area (Å²) < 4.78 is 18.2. The van der Waals surface area contributed by atoms with Gasteiger partial charge in [0.2, 0.25) is 11.7 Å². The monoisotopic (exact) mass is 521 g/mol. The van der Waals surface area contributed by atoms with Crippen LogP contribution < -0.4 is 19.8 Å². The minimum atomic E-state index is -0.806. The number of fused-ring (bicyclic) bond motifs is 2. The summed E-state index contributed by atoms with van der Waals surface area (Å²) in [5, 5.41) is 0.373. The zero-order valence-electron chi connectivity index (χ0n) is 18.4. The van der Waals surface area contributed by atoms with E-state index in [9.17, 15) is 9.59 Å². The lowest BCUT2D eigenvalue weighted by Gasteiger charge is -2.24. The minimum Gasteiger partial charge on any atom is -0.490 e. The van der Waals surface area contributed by atoms with Crippen LogP contribution in [0.2, 0.25) is 0 Å². The summed E-state index contributed by atoms with van der Waals surface area (Å²) in [4.78, 5) is 37.2. The molecule has 2 aromatic carbocycles. The molecule has 3 heterocycles. The van der Waals surface area contributed by atoms with E-state index in [1.54, 1.807) is 54.9 Å². The van der Waals surface area contributed by atoms with Crippen molar-refractivity contribution >= 4 is 38.8 Å². The number of benzene rings is 2. The highest BCUT2D eigenvalue weighted by atomic mass is 79.9. The van der Waals surface area contributed by atoms with Crippen molar-refractivity contribution in [2.75, 3.05) is 18.1 Å². The Kier molecular flexibility index (Phi) is 5.79. The van der Waals surface area contributed by atoms with Crippen LogP contribution in [0.1, 0.15) is 41.6 Å². The second-order valence-electron chi connectivity index (χ2n) is 7.51. The zero-order chi connectivity index (χ0) is 23.8. The average Bonchev–Trinajstić information content (AvgIpc) is 3.14. The molecule has 0 spiro atoms. The number of carbonyl (C=O) groups is 1. The molecule has 172 valence electrons. The van der Waals surface area contributed by atoms with Crippen molar-refractivity contribution in [2.24, 2.45) is 0 Å². The number of rotatable bonds is 6. The Labute approximate surface area is 203 Å². The Morgan fingerprint density at radius 3 is 2.47 bits per heavy atom. The summed E-state index contributed by atoms with van der Waals surface area (Å²) in [6.45, 7) is 4.66. The smallest absolute Gasteiger partial charge is 0.297 e. The number of carbonyl (C=O) groups excluding carboxylic acids is 1. The van der Waals surface area contributed by atoms with Gasteiger partial charge in [-0.2, -0.15) is 0 Å². The van der Waals surface area contributed by atoms with Crippen molar-refractivity contribution in [2.45, 2.75) is 19.9 Å². The Balaban J connectivity index is 1.78. The summed E-state index contributed by atoms with van der Waals surface area (Å²) in [7, 11) is 0. The van der Waals surface area contributed by atoms with Gasteiger partial charge in [-0.25, -0.2) is 9.97 Å². The summed E-state index contributed by atoms with van der Waals surface area (Å²) >= 11 is 3.41. The van der Waals surface area contributed by atoms with Crippen LogP contribution in [0.5, 0.6) is 11.5 Å². The van der Waals surface area contributed by atoms with E-state index in [4.69, 9.17) is 13.9 Å². The molecule has 0 bridgehead atoms. The number of halogens is 1. The second kappa shape index (κ2) is 8.90. The van der Waals surface area contributed by atoms with Gasteiger partial charge in [0.05, 0.1) is 30.2 Å². The fourth-order valence-electron chi connectivity index (χ4n) is 4.12. The molecule has 1 aliphatic rings. The van der Waals surface area contributed by atoms with Crippen LogP contribution in [0, 0.1) is 0 Å². The molecule has 0 saturated carbocycles. The predicted octanol–water partition coefficient (Wildman–Crippen LogP) is 4.89. The van der Waals surface area contributed by atoms with Crippen molar-refractivity contribution in [1.82, 2.24) is 9.97 Å². The Morgan fingerprint density at radius 1 is 1.00 bits per heavy atom. The summed E-state index contributed by atoms with van der Waals surface area (Å²) in [5.74, 6) is 0.753. The lowest BCUT2D eigenvalue weighted by Crippen LogP contribution is -2.31. The molecule has 1 unspecified atom stereocenters.